The summed E-state index contributed by atoms with van der Waals surface area (Å²) >= 11 is 0. The van der Waals surface area contributed by atoms with Gasteiger partial charge in [0.25, 0.3) is 0 Å². The van der Waals surface area contributed by atoms with Crippen molar-refractivity contribution in [3.05, 3.63) is 54.0 Å². The third-order valence-electron chi connectivity index (χ3n) is 4.69. The molecule has 1 aliphatic heterocycles. The van der Waals surface area contributed by atoms with Crippen molar-refractivity contribution in [3.63, 3.8) is 0 Å². The van der Waals surface area contributed by atoms with Crippen molar-refractivity contribution in [3.8, 4) is 5.75 Å². The first-order valence-electron chi connectivity index (χ1n) is 10.3. The third-order valence-corrected chi connectivity index (χ3v) is 4.69. The molecule has 1 aromatic heterocycles. The molecule has 164 valence electrons. The molecule has 1 aliphatic rings. The molecule has 2 N–H and O–H groups in total. The molecule has 6 nitrogen and oxygen atoms in total. The Morgan fingerprint density at radius 1 is 1.23 bits per heavy atom. The molecule has 0 aliphatic carbocycles. The van der Waals surface area contributed by atoms with Gasteiger partial charge < -0.3 is 20.3 Å². The lowest BCUT2D eigenvalue weighted by Gasteiger charge is -2.18. The average Bonchev–Trinajstić information content (AvgIpc) is 3.25. The highest BCUT2D eigenvalue weighted by atomic mass is 127. The van der Waals surface area contributed by atoms with Gasteiger partial charge >= 0.3 is 0 Å². The molecule has 0 saturated carbocycles. The van der Waals surface area contributed by atoms with Crippen LogP contribution >= 0.6 is 24.0 Å². The topological polar surface area (TPSA) is 61.8 Å². The van der Waals surface area contributed by atoms with Crippen LogP contribution in [0.25, 0.3) is 0 Å². The molecule has 1 fully saturated rings. The van der Waals surface area contributed by atoms with Crippen LogP contribution in [0.5, 0.6) is 5.75 Å². The summed E-state index contributed by atoms with van der Waals surface area (Å²) in [6.07, 6.45) is 4.25. The zero-order chi connectivity index (χ0) is 20.5. The number of nitrogens with one attached hydrogen (secondary N) is 2. The number of pyridine rings is 1. The monoisotopic (exact) mass is 527 g/mol. The number of benzene rings is 1. The van der Waals surface area contributed by atoms with Crippen LogP contribution in [0.4, 0.5) is 10.2 Å². The maximum absolute atomic E-state index is 13.3. The standard InChI is InChI=1S/C22H30FN5O.HI/c1-3-24-22(26-14-17(2)29-20-8-6-7-19(23)13-20)27-16-18-9-10-21(25-15-18)28-11-4-5-12-28;/h6-10,13,15,17H,3-5,11-12,14,16H2,1-2H3,(H2,24,26,27);1H. The lowest BCUT2D eigenvalue weighted by molar-refractivity contribution is 0.223. The van der Waals surface area contributed by atoms with Crippen LogP contribution in [0, 0.1) is 5.82 Å². The summed E-state index contributed by atoms with van der Waals surface area (Å²) in [6, 6.07) is 10.3. The summed E-state index contributed by atoms with van der Waals surface area (Å²) in [7, 11) is 0. The summed E-state index contributed by atoms with van der Waals surface area (Å²) in [6.45, 7) is 8.00. The number of guanidine groups is 1. The molecule has 1 saturated heterocycles. The Hall–Kier alpha value is -2.10. The molecule has 0 amide bonds. The maximum atomic E-state index is 13.3. The SMILES string of the molecule is CCNC(=NCc1ccc(N2CCCC2)nc1)NCC(C)Oc1cccc(F)c1.I. The quantitative estimate of drug-likeness (QED) is 0.309. The number of rotatable bonds is 8. The molecule has 1 unspecified atom stereocenters. The van der Waals surface area contributed by atoms with Crippen LogP contribution in [-0.2, 0) is 6.54 Å². The van der Waals surface area contributed by atoms with Gasteiger partial charge in [-0.1, -0.05) is 12.1 Å². The Morgan fingerprint density at radius 2 is 2.03 bits per heavy atom. The summed E-state index contributed by atoms with van der Waals surface area (Å²) in [5, 5.41) is 6.51. The zero-order valence-electron chi connectivity index (χ0n) is 17.6. The molecular weight excluding hydrogens is 496 g/mol. The minimum Gasteiger partial charge on any atom is -0.489 e. The number of hydrogen-bond donors (Lipinski definition) is 2. The molecule has 3 rings (SSSR count). The largest absolute Gasteiger partial charge is 0.489 e. The van der Waals surface area contributed by atoms with E-state index in [1.807, 2.05) is 20.0 Å². The van der Waals surface area contributed by atoms with Gasteiger partial charge in [0.15, 0.2) is 5.96 Å². The van der Waals surface area contributed by atoms with E-state index in [9.17, 15) is 4.39 Å². The first kappa shape index (κ1) is 24.2. The summed E-state index contributed by atoms with van der Waals surface area (Å²) in [5.74, 6) is 1.97. The number of ether oxygens (including phenoxy) is 1. The van der Waals surface area contributed by atoms with Gasteiger partial charge in [0.1, 0.15) is 23.5 Å². The fourth-order valence-electron chi connectivity index (χ4n) is 3.21. The van der Waals surface area contributed by atoms with Gasteiger partial charge in [-0.15, -0.1) is 24.0 Å². The van der Waals surface area contributed by atoms with Gasteiger partial charge in [0.05, 0.1) is 13.1 Å². The molecule has 2 aromatic rings. The van der Waals surface area contributed by atoms with E-state index in [-0.39, 0.29) is 35.9 Å². The van der Waals surface area contributed by atoms with E-state index in [0.717, 1.165) is 31.0 Å². The Kier molecular flexibility index (Phi) is 10.1. The highest BCUT2D eigenvalue weighted by Gasteiger charge is 2.13. The number of hydrogen-bond acceptors (Lipinski definition) is 4. The van der Waals surface area contributed by atoms with Crippen molar-refractivity contribution in [1.82, 2.24) is 15.6 Å². The van der Waals surface area contributed by atoms with Crippen molar-refractivity contribution in [2.24, 2.45) is 4.99 Å². The van der Waals surface area contributed by atoms with Gasteiger partial charge in [-0.3, -0.25) is 0 Å². The van der Waals surface area contributed by atoms with E-state index in [2.05, 4.69) is 37.6 Å². The number of nitrogens with zero attached hydrogens (tertiary/aromatic N) is 3. The van der Waals surface area contributed by atoms with Crippen LogP contribution in [0.2, 0.25) is 0 Å². The van der Waals surface area contributed by atoms with Crippen LogP contribution < -0.4 is 20.3 Å². The van der Waals surface area contributed by atoms with Crippen LogP contribution in [0.3, 0.4) is 0 Å². The predicted molar refractivity (Wildman–Crippen MR) is 130 cm³/mol. The minimum absolute atomic E-state index is 0. The van der Waals surface area contributed by atoms with Crippen LogP contribution in [-0.4, -0.2) is 43.2 Å². The molecule has 0 spiro atoms. The lowest BCUT2D eigenvalue weighted by atomic mass is 10.3. The molecule has 1 atom stereocenters. The average molecular weight is 527 g/mol. The molecule has 0 bridgehead atoms. The van der Waals surface area contributed by atoms with Crippen LogP contribution in [0.1, 0.15) is 32.3 Å². The fourth-order valence-corrected chi connectivity index (χ4v) is 3.21. The summed E-state index contributed by atoms with van der Waals surface area (Å²) < 4.78 is 19.0. The Labute approximate surface area is 195 Å². The van der Waals surface area contributed by atoms with Gasteiger partial charge in [0.2, 0.25) is 0 Å². The molecule has 0 radical (unpaired) electrons. The third kappa shape index (κ3) is 7.62. The molecule has 30 heavy (non-hydrogen) atoms. The normalized spacial score (nSPS) is 14.8. The Morgan fingerprint density at radius 3 is 2.70 bits per heavy atom. The summed E-state index contributed by atoms with van der Waals surface area (Å²) in [4.78, 5) is 11.5. The molecule has 1 aromatic carbocycles. The first-order valence-corrected chi connectivity index (χ1v) is 10.3. The van der Waals surface area contributed by atoms with Crippen LogP contribution in [0.15, 0.2) is 47.6 Å². The zero-order valence-corrected chi connectivity index (χ0v) is 19.9. The van der Waals surface area contributed by atoms with E-state index >= 15 is 0 Å². The number of anilines is 1. The highest BCUT2D eigenvalue weighted by Crippen LogP contribution is 2.17. The van der Waals surface area contributed by atoms with E-state index < -0.39 is 0 Å². The van der Waals surface area contributed by atoms with Crippen molar-refractivity contribution in [1.29, 1.82) is 0 Å². The van der Waals surface area contributed by atoms with Crippen molar-refractivity contribution in [2.75, 3.05) is 31.1 Å². The molecule has 2 heterocycles. The van der Waals surface area contributed by atoms with Gasteiger partial charge in [-0.05, 0) is 50.5 Å². The van der Waals surface area contributed by atoms with E-state index in [1.54, 1.807) is 12.1 Å². The second kappa shape index (κ2) is 12.6. The number of aromatic nitrogens is 1. The predicted octanol–water partition coefficient (Wildman–Crippen LogP) is 3.96. The Balaban J connectivity index is 0.00000320. The maximum Gasteiger partial charge on any atom is 0.191 e. The Bertz CT molecular complexity index is 796. The summed E-state index contributed by atoms with van der Waals surface area (Å²) in [5.41, 5.74) is 1.06. The first-order chi connectivity index (χ1) is 14.1. The van der Waals surface area contributed by atoms with Crippen molar-refractivity contribution >= 4 is 35.8 Å². The van der Waals surface area contributed by atoms with Gasteiger partial charge in [-0.2, -0.15) is 0 Å². The smallest absolute Gasteiger partial charge is 0.191 e. The van der Waals surface area contributed by atoms with Gasteiger partial charge in [-0.25, -0.2) is 14.4 Å². The second-order valence-electron chi connectivity index (χ2n) is 7.18. The highest BCUT2D eigenvalue weighted by molar-refractivity contribution is 14.0. The van der Waals surface area contributed by atoms with E-state index in [4.69, 9.17) is 4.74 Å². The van der Waals surface area contributed by atoms with Crippen molar-refractivity contribution < 1.29 is 9.13 Å². The van der Waals surface area contributed by atoms with Crippen molar-refractivity contribution in [2.45, 2.75) is 39.3 Å². The van der Waals surface area contributed by atoms with E-state index in [0.29, 0.717) is 24.8 Å². The fraction of sp³-hybridized carbons (Fsp3) is 0.455. The minimum atomic E-state index is -0.304. The van der Waals surface area contributed by atoms with E-state index in [1.165, 1.54) is 25.0 Å². The second-order valence-corrected chi connectivity index (χ2v) is 7.18. The number of aliphatic imine (C=N–C) groups is 1. The lowest BCUT2D eigenvalue weighted by Crippen LogP contribution is -2.41. The molecular formula is C22H31FIN5O. The van der Waals surface area contributed by atoms with Gasteiger partial charge in [0, 0.05) is 31.9 Å². The number of halogens is 2. The molecule has 8 heteroatoms.